The molecule has 0 saturated carbocycles. The molecule has 0 saturated heterocycles. The van der Waals surface area contributed by atoms with Crippen molar-refractivity contribution in [3.05, 3.63) is 65.2 Å². The van der Waals surface area contributed by atoms with E-state index in [1.54, 1.807) is 0 Å². The molecule has 4 nitrogen and oxygen atoms in total. The van der Waals surface area contributed by atoms with E-state index < -0.39 is 0 Å². The fraction of sp³-hybridized carbons (Fsp3) is 0.381. The number of aryl methyl sites for hydroxylation is 2. The first-order valence-electron chi connectivity index (χ1n) is 8.76. The number of rotatable bonds is 8. The van der Waals surface area contributed by atoms with Gasteiger partial charge in [-0.1, -0.05) is 36.4 Å². The Balaban J connectivity index is 1.74. The zero-order valence-corrected chi connectivity index (χ0v) is 15.5. The summed E-state index contributed by atoms with van der Waals surface area (Å²) < 4.78 is 5.65. The zero-order valence-electron chi connectivity index (χ0n) is 15.5. The molecule has 0 radical (unpaired) electrons. The molecule has 0 fully saturated rings. The lowest BCUT2D eigenvalue weighted by Crippen LogP contribution is -2.44. The fourth-order valence-electron chi connectivity index (χ4n) is 2.81. The van der Waals surface area contributed by atoms with Crippen LogP contribution in [0, 0.1) is 13.8 Å². The Morgan fingerprint density at radius 1 is 1.08 bits per heavy atom. The third-order valence-corrected chi connectivity index (χ3v) is 4.21. The third-order valence-electron chi connectivity index (χ3n) is 4.21. The Hall–Kier alpha value is -2.33. The second kappa shape index (κ2) is 9.23. The summed E-state index contributed by atoms with van der Waals surface area (Å²) in [6.45, 7) is 9.00. The molecule has 2 aromatic carbocycles. The van der Waals surface area contributed by atoms with Gasteiger partial charge in [0.25, 0.3) is 0 Å². The molecule has 0 aromatic heterocycles. The van der Waals surface area contributed by atoms with E-state index in [0.29, 0.717) is 13.2 Å². The van der Waals surface area contributed by atoms with Crippen LogP contribution in [0.25, 0.3) is 0 Å². The number of nitrogens with one attached hydrogen (secondary N) is 2. The number of hydrogen-bond donors (Lipinski definition) is 2. The van der Waals surface area contributed by atoms with Gasteiger partial charge in [0.2, 0.25) is 5.91 Å². The van der Waals surface area contributed by atoms with Gasteiger partial charge in [-0.15, -0.1) is 0 Å². The summed E-state index contributed by atoms with van der Waals surface area (Å²) in [5.74, 6) is 0.807. The van der Waals surface area contributed by atoms with Crippen LogP contribution in [0.15, 0.2) is 48.5 Å². The lowest BCUT2D eigenvalue weighted by atomic mass is 10.0. The molecule has 0 aliphatic heterocycles. The van der Waals surface area contributed by atoms with Crippen molar-refractivity contribution in [2.75, 3.05) is 13.2 Å². The average molecular weight is 340 g/mol. The maximum absolute atomic E-state index is 12.2. The molecule has 2 rings (SSSR count). The minimum atomic E-state index is -0.270. The predicted octanol–water partition coefficient (Wildman–Crippen LogP) is 3.54. The van der Waals surface area contributed by atoms with E-state index in [2.05, 4.69) is 36.6 Å². The van der Waals surface area contributed by atoms with Gasteiger partial charge in [-0.25, -0.2) is 0 Å². The second-order valence-corrected chi connectivity index (χ2v) is 6.42. The van der Waals surface area contributed by atoms with E-state index >= 15 is 0 Å². The first-order chi connectivity index (χ1) is 12.0. The Morgan fingerprint density at radius 2 is 1.84 bits per heavy atom. The molecule has 0 aliphatic rings. The van der Waals surface area contributed by atoms with Crippen LogP contribution in [-0.4, -0.2) is 25.1 Å². The highest BCUT2D eigenvalue weighted by Crippen LogP contribution is 2.17. The van der Waals surface area contributed by atoms with E-state index in [4.69, 9.17) is 4.74 Å². The number of hydrogen-bond acceptors (Lipinski definition) is 3. The van der Waals surface area contributed by atoms with E-state index in [9.17, 15) is 4.79 Å². The first kappa shape index (κ1) is 19.0. The van der Waals surface area contributed by atoms with Gasteiger partial charge in [0, 0.05) is 6.04 Å². The summed E-state index contributed by atoms with van der Waals surface area (Å²) in [5.41, 5.74) is 3.59. The third kappa shape index (κ3) is 5.91. The van der Waals surface area contributed by atoms with E-state index in [-0.39, 0.29) is 18.0 Å². The number of benzene rings is 2. The Kier molecular flexibility index (Phi) is 7.02. The number of ether oxygens (including phenoxy) is 1. The zero-order chi connectivity index (χ0) is 18.2. The molecule has 2 aromatic rings. The van der Waals surface area contributed by atoms with Crippen LogP contribution >= 0.6 is 0 Å². The minimum Gasteiger partial charge on any atom is -0.492 e. The largest absolute Gasteiger partial charge is 0.492 e. The molecule has 0 bridgehead atoms. The van der Waals surface area contributed by atoms with Crippen molar-refractivity contribution in [1.82, 2.24) is 10.6 Å². The highest BCUT2D eigenvalue weighted by molar-refractivity contribution is 5.81. The van der Waals surface area contributed by atoms with E-state index in [1.807, 2.05) is 50.2 Å². The second-order valence-electron chi connectivity index (χ2n) is 6.42. The van der Waals surface area contributed by atoms with Crippen molar-refractivity contribution in [3.63, 3.8) is 0 Å². The highest BCUT2D eigenvalue weighted by Gasteiger charge is 2.16. The molecule has 25 heavy (non-hydrogen) atoms. The van der Waals surface area contributed by atoms with Crippen molar-refractivity contribution < 1.29 is 9.53 Å². The molecular weight excluding hydrogens is 312 g/mol. The molecular formula is C21H28N2O2. The lowest BCUT2D eigenvalue weighted by Gasteiger charge is -2.21. The normalized spacial score (nSPS) is 13.1. The summed E-state index contributed by atoms with van der Waals surface area (Å²) in [4.78, 5) is 12.2. The van der Waals surface area contributed by atoms with Gasteiger partial charge in [0.1, 0.15) is 12.4 Å². The van der Waals surface area contributed by atoms with Crippen LogP contribution in [0.2, 0.25) is 0 Å². The maximum atomic E-state index is 12.2. The standard InChI is InChI=1S/C21H28N2O2/c1-15-8-7-10-19(14-15)25-13-12-22-21(24)18(4)23-17(3)20-11-6-5-9-16(20)2/h5-11,14,17-18,23H,12-13H2,1-4H3,(H,22,24). The molecule has 4 heteroatoms. The van der Waals surface area contributed by atoms with Crippen molar-refractivity contribution in [1.29, 1.82) is 0 Å². The lowest BCUT2D eigenvalue weighted by molar-refractivity contribution is -0.123. The summed E-state index contributed by atoms with van der Waals surface area (Å²) in [6.07, 6.45) is 0. The van der Waals surface area contributed by atoms with Crippen LogP contribution < -0.4 is 15.4 Å². The first-order valence-corrected chi connectivity index (χ1v) is 8.76. The Bertz CT molecular complexity index is 700. The summed E-state index contributed by atoms with van der Waals surface area (Å²) in [6, 6.07) is 16.0. The monoisotopic (exact) mass is 340 g/mol. The predicted molar refractivity (Wildman–Crippen MR) is 102 cm³/mol. The Morgan fingerprint density at radius 3 is 2.56 bits per heavy atom. The van der Waals surface area contributed by atoms with Crippen molar-refractivity contribution in [2.45, 2.75) is 39.8 Å². The van der Waals surface area contributed by atoms with Gasteiger partial charge in [-0.2, -0.15) is 0 Å². The van der Waals surface area contributed by atoms with E-state index in [0.717, 1.165) is 11.3 Å². The molecule has 2 N–H and O–H groups in total. The van der Waals surface area contributed by atoms with E-state index in [1.165, 1.54) is 11.1 Å². The molecule has 2 atom stereocenters. The number of carbonyl (C=O) groups excluding carboxylic acids is 1. The molecule has 1 amide bonds. The minimum absolute atomic E-state index is 0.0201. The van der Waals surface area contributed by atoms with Gasteiger partial charge in [0.15, 0.2) is 0 Å². The van der Waals surface area contributed by atoms with Gasteiger partial charge in [0.05, 0.1) is 12.6 Å². The number of amides is 1. The topological polar surface area (TPSA) is 50.4 Å². The molecule has 134 valence electrons. The molecule has 0 heterocycles. The molecule has 2 unspecified atom stereocenters. The summed E-state index contributed by atoms with van der Waals surface area (Å²) in [5, 5.41) is 6.26. The fourth-order valence-corrected chi connectivity index (χ4v) is 2.81. The number of carbonyl (C=O) groups is 1. The van der Waals surface area contributed by atoms with Crippen LogP contribution in [0.4, 0.5) is 0 Å². The van der Waals surface area contributed by atoms with Gasteiger partial charge < -0.3 is 10.1 Å². The van der Waals surface area contributed by atoms with Gasteiger partial charge >= 0.3 is 0 Å². The quantitative estimate of drug-likeness (QED) is 0.723. The SMILES string of the molecule is Cc1cccc(OCCNC(=O)C(C)NC(C)c2ccccc2C)c1. The molecule has 0 spiro atoms. The van der Waals surface area contributed by atoms with Crippen LogP contribution in [0.3, 0.4) is 0 Å². The average Bonchev–Trinajstić information content (AvgIpc) is 2.58. The summed E-state index contributed by atoms with van der Waals surface area (Å²) >= 11 is 0. The van der Waals surface area contributed by atoms with Crippen LogP contribution in [0.5, 0.6) is 5.75 Å². The Labute approximate surface area is 150 Å². The summed E-state index contributed by atoms with van der Waals surface area (Å²) in [7, 11) is 0. The smallest absolute Gasteiger partial charge is 0.236 e. The maximum Gasteiger partial charge on any atom is 0.236 e. The molecule has 0 aliphatic carbocycles. The van der Waals surface area contributed by atoms with Crippen molar-refractivity contribution in [2.24, 2.45) is 0 Å². The highest BCUT2D eigenvalue weighted by atomic mass is 16.5. The van der Waals surface area contributed by atoms with Gasteiger partial charge in [-0.3, -0.25) is 10.1 Å². The van der Waals surface area contributed by atoms with Gasteiger partial charge in [-0.05, 0) is 56.5 Å². The van der Waals surface area contributed by atoms with Crippen molar-refractivity contribution in [3.8, 4) is 5.75 Å². The van der Waals surface area contributed by atoms with Crippen LogP contribution in [-0.2, 0) is 4.79 Å². The van der Waals surface area contributed by atoms with Crippen LogP contribution in [0.1, 0.15) is 36.6 Å². The van der Waals surface area contributed by atoms with Crippen molar-refractivity contribution >= 4 is 5.91 Å².